The smallest absolute Gasteiger partial charge is 0.155 e. The van der Waals surface area contributed by atoms with Crippen molar-refractivity contribution in [3.05, 3.63) is 35.4 Å². The lowest BCUT2D eigenvalue weighted by molar-refractivity contribution is 0.592. The van der Waals surface area contributed by atoms with Gasteiger partial charge in [0.2, 0.25) is 0 Å². The summed E-state index contributed by atoms with van der Waals surface area (Å²) < 4.78 is 23.3. The van der Waals surface area contributed by atoms with Crippen molar-refractivity contribution in [2.24, 2.45) is 0 Å². The molecule has 0 saturated carbocycles. The lowest BCUT2D eigenvalue weighted by Gasteiger charge is -2.06. The molecule has 0 aliphatic heterocycles. The Morgan fingerprint density at radius 3 is 2.53 bits per heavy atom. The third-order valence-corrected chi connectivity index (χ3v) is 3.88. The third kappa shape index (κ3) is 4.01. The van der Waals surface area contributed by atoms with Crippen LogP contribution in [0.15, 0.2) is 24.3 Å². The average molecular weight is 227 g/mol. The van der Waals surface area contributed by atoms with E-state index < -0.39 is 9.84 Å². The van der Waals surface area contributed by atoms with Crippen molar-refractivity contribution in [2.45, 2.75) is 12.7 Å². The van der Waals surface area contributed by atoms with Crippen molar-refractivity contribution in [2.75, 3.05) is 19.3 Å². The van der Waals surface area contributed by atoms with E-state index in [0.29, 0.717) is 6.54 Å². The van der Waals surface area contributed by atoms with Crippen LogP contribution in [0.4, 0.5) is 0 Å². The highest BCUT2D eigenvalue weighted by Gasteiger charge is 2.12. The van der Waals surface area contributed by atoms with Gasteiger partial charge in [0.15, 0.2) is 9.84 Å². The lowest BCUT2D eigenvalue weighted by Crippen LogP contribution is -2.20. The standard InChI is InChI=1S/C11H17NO2S/c1-10-5-3-4-6-11(10)9-15(13,14)8-7-12-2/h3-6,12H,7-9H2,1-2H3. The fraction of sp³-hybridized carbons (Fsp3) is 0.455. The Morgan fingerprint density at radius 2 is 1.93 bits per heavy atom. The number of benzene rings is 1. The van der Waals surface area contributed by atoms with E-state index in [1.165, 1.54) is 0 Å². The van der Waals surface area contributed by atoms with Crippen LogP contribution in [-0.4, -0.2) is 27.8 Å². The Labute approximate surface area is 91.4 Å². The molecule has 3 nitrogen and oxygen atoms in total. The molecule has 0 aliphatic rings. The Balaban J connectivity index is 2.74. The normalized spacial score (nSPS) is 11.6. The zero-order valence-corrected chi connectivity index (χ0v) is 9.97. The highest BCUT2D eigenvalue weighted by Crippen LogP contribution is 2.11. The molecular weight excluding hydrogens is 210 g/mol. The first-order valence-electron chi connectivity index (χ1n) is 4.95. The van der Waals surface area contributed by atoms with Gasteiger partial charge in [-0.3, -0.25) is 0 Å². The van der Waals surface area contributed by atoms with Crippen molar-refractivity contribution >= 4 is 9.84 Å². The predicted octanol–water partition coefficient (Wildman–Crippen LogP) is 1.13. The average Bonchev–Trinajstić information content (AvgIpc) is 2.18. The van der Waals surface area contributed by atoms with Crippen molar-refractivity contribution in [1.29, 1.82) is 0 Å². The number of nitrogens with one attached hydrogen (secondary N) is 1. The summed E-state index contributed by atoms with van der Waals surface area (Å²) in [6, 6.07) is 7.59. The van der Waals surface area contributed by atoms with Gasteiger partial charge in [0, 0.05) is 6.54 Å². The highest BCUT2D eigenvalue weighted by molar-refractivity contribution is 7.90. The largest absolute Gasteiger partial charge is 0.319 e. The molecule has 0 heterocycles. The zero-order chi connectivity index (χ0) is 11.3. The predicted molar refractivity (Wildman–Crippen MR) is 62.6 cm³/mol. The number of hydrogen-bond donors (Lipinski definition) is 1. The molecule has 0 saturated heterocycles. The van der Waals surface area contributed by atoms with Crippen LogP contribution in [0.2, 0.25) is 0 Å². The van der Waals surface area contributed by atoms with Gasteiger partial charge in [-0.2, -0.15) is 0 Å². The van der Waals surface area contributed by atoms with Gasteiger partial charge in [0.25, 0.3) is 0 Å². The van der Waals surface area contributed by atoms with Gasteiger partial charge < -0.3 is 5.32 Å². The minimum Gasteiger partial charge on any atom is -0.319 e. The fourth-order valence-electron chi connectivity index (χ4n) is 1.34. The SMILES string of the molecule is CNCCS(=O)(=O)Cc1ccccc1C. The van der Waals surface area contributed by atoms with Gasteiger partial charge in [-0.25, -0.2) is 8.42 Å². The molecule has 0 atom stereocenters. The third-order valence-electron chi connectivity index (χ3n) is 2.30. The molecule has 0 fully saturated rings. The van der Waals surface area contributed by atoms with Crippen molar-refractivity contribution in [1.82, 2.24) is 5.32 Å². The van der Waals surface area contributed by atoms with Crippen LogP contribution in [0.1, 0.15) is 11.1 Å². The first-order valence-corrected chi connectivity index (χ1v) is 6.77. The van der Waals surface area contributed by atoms with E-state index in [4.69, 9.17) is 0 Å². The van der Waals surface area contributed by atoms with E-state index >= 15 is 0 Å². The Morgan fingerprint density at radius 1 is 1.27 bits per heavy atom. The van der Waals surface area contributed by atoms with Crippen LogP contribution < -0.4 is 5.32 Å². The second-order valence-electron chi connectivity index (χ2n) is 3.62. The summed E-state index contributed by atoms with van der Waals surface area (Å²) >= 11 is 0. The van der Waals surface area contributed by atoms with Gasteiger partial charge in [0.05, 0.1) is 11.5 Å². The van der Waals surface area contributed by atoms with Gasteiger partial charge in [-0.1, -0.05) is 24.3 Å². The molecule has 0 aromatic heterocycles. The van der Waals surface area contributed by atoms with Gasteiger partial charge in [0.1, 0.15) is 0 Å². The molecule has 1 aromatic carbocycles. The Hall–Kier alpha value is -0.870. The molecule has 0 radical (unpaired) electrons. The topological polar surface area (TPSA) is 46.2 Å². The molecule has 15 heavy (non-hydrogen) atoms. The quantitative estimate of drug-likeness (QED) is 0.820. The first kappa shape index (κ1) is 12.2. The molecule has 1 aromatic rings. The van der Waals surface area contributed by atoms with Crippen LogP contribution in [0, 0.1) is 6.92 Å². The number of aryl methyl sites for hydroxylation is 1. The highest BCUT2D eigenvalue weighted by atomic mass is 32.2. The van der Waals surface area contributed by atoms with Crippen molar-refractivity contribution in [3.8, 4) is 0 Å². The molecule has 1 rings (SSSR count). The molecule has 0 unspecified atom stereocenters. The first-order chi connectivity index (χ1) is 7.05. The summed E-state index contributed by atoms with van der Waals surface area (Å²) in [6.45, 7) is 2.44. The van der Waals surface area contributed by atoms with E-state index in [-0.39, 0.29) is 11.5 Å². The summed E-state index contributed by atoms with van der Waals surface area (Å²) in [7, 11) is -1.23. The van der Waals surface area contributed by atoms with Crippen molar-refractivity contribution < 1.29 is 8.42 Å². The summed E-state index contributed by atoms with van der Waals surface area (Å²) in [5.74, 6) is 0.333. The number of hydrogen-bond acceptors (Lipinski definition) is 3. The van der Waals surface area contributed by atoms with E-state index in [9.17, 15) is 8.42 Å². The summed E-state index contributed by atoms with van der Waals surface area (Å²) in [4.78, 5) is 0. The van der Waals surface area contributed by atoms with Crippen LogP contribution in [-0.2, 0) is 15.6 Å². The monoisotopic (exact) mass is 227 g/mol. The molecule has 4 heteroatoms. The van der Waals surface area contributed by atoms with Crippen LogP contribution in [0.25, 0.3) is 0 Å². The summed E-state index contributed by atoms with van der Waals surface area (Å²) in [6.07, 6.45) is 0. The molecule has 0 amide bonds. The molecule has 84 valence electrons. The van der Waals surface area contributed by atoms with E-state index in [2.05, 4.69) is 5.32 Å². The second kappa shape index (κ2) is 5.28. The van der Waals surface area contributed by atoms with Gasteiger partial charge >= 0.3 is 0 Å². The molecule has 0 spiro atoms. The lowest BCUT2D eigenvalue weighted by atomic mass is 10.1. The maximum Gasteiger partial charge on any atom is 0.155 e. The van der Waals surface area contributed by atoms with Gasteiger partial charge in [-0.05, 0) is 25.1 Å². The molecule has 0 aliphatic carbocycles. The second-order valence-corrected chi connectivity index (χ2v) is 5.81. The van der Waals surface area contributed by atoms with Crippen LogP contribution >= 0.6 is 0 Å². The van der Waals surface area contributed by atoms with E-state index in [1.807, 2.05) is 31.2 Å². The van der Waals surface area contributed by atoms with Gasteiger partial charge in [-0.15, -0.1) is 0 Å². The molecule has 0 bridgehead atoms. The maximum absolute atomic E-state index is 11.7. The number of sulfone groups is 1. The Kier molecular flexibility index (Phi) is 4.29. The van der Waals surface area contributed by atoms with Crippen molar-refractivity contribution in [3.63, 3.8) is 0 Å². The molecule has 1 N–H and O–H groups in total. The van der Waals surface area contributed by atoms with Crippen LogP contribution in [0.5, 0.6) is 0 Å². The van der Waals surface area contributed by atoms with E-state index in [1.54, 1.807) is 7.05 Å². The minimum atomic E-state index is -2.98. The fourth-order valence-corrected chi connectivity index (χ4v) is 2.80. The number of rotatable bonds is 5. The van der Waals surface area contributed by atoms with Crippen LogP contribution in [0.3, 0.4) is 0 Å². The summed E-state index contributed by atoms with van der Waals surface area (Å²) in [5.41, 5.74) is 1.93. The minimum absolute atomic E-state index is 0.140. The maximum atomic E-state index is 11.7. The summed E-state index contributed by atoms with van der Waals surface area (Å²) in [5, 5.41) is 2.85. The Bertz CT molecular complexity index is 412. The zero-order valence-electron chi connectivity index (χ0n) is 9.16. The van der Waals surface area contributed by atoms with E-state index in [0.717, 1.165) is 11.1 Å². The molecular formula is C11H17NO2S.